The lowest BCUT2D eigenvalue weighted by Gasteiger charge is -2.10. The molecule has 1 amide bonds. The van der Waals surface area contributed by atoms with Crippen molar-refractivity contribution in [1.29, 1.82) is 5.26 Å². The van der Waals surface area contributed by atoms with Crippen LogP contribution in [0, 0.1) is 11.3 Å². The molecule has 0 saturated carbocycles. The lowest BCUT2D eigenvalue weighted by atomic mass is 10.2. The Bertz CT molecular complexity index is 162. The lowest BCUT2D eigenvalue weighted by molar-refractivity contribution is -0.118. The maximum absolute atomic E-state index is 10.2. The van der Waals surface area contributed by atoms with Gasteiger partial charge >= 0.3 is 0 Å². The Morgan fingerprint density at radius 1 is 1.67 bits per heavy atom. The van der Waals surface area contributed by atoms with Gasteiger partial charge in [0.15, 0.2) is 0 Å². The van der Waals surface area contributed by atoms with Crippen LogP contribution in [0.3, 0.4) is 0 Å². The van der Waals surface area contributed by atoms with E-state index in [-0.39, 0.29) is 6.04 Å². The molecule has 1 unspecified atom stereocenters. The number of nitrogens with zero attached hydrogens (tertiary/aromatic N) is 2. The molecular formula is C9H16N2O. The van der Waals surface area contributed by atoms with E-state index in [4.69, 9.17) is 5.26 Å². The molecule has 3 heteroatoms. The van der Waals surface area contributed by atoms with E-state index >= 15 is 0 Å². The Hall–Kier alpha value is -1.04. The molecular weight excluding hydrogens is 152 g/mol. The summed E-state index contributed by atoms with van der Waals surface area (Å²) in [5, 5.41) is 8.42. The first kappa shape index (κ1) is 11.0. The fourth-order valence-corrected chi connectivity index (χ4v) is 1.05. The minimum Gasteiger partial charge on any atom is -0.329 e. The molecule has 12 heavy (non-hydrogen) atoms. The maximum atomic E-state index is 10.2. The first-order valence-corrected chi connectivity index (χ1v) is 4.40. The van der Waals surface area contributed by atoms with E-state index in [2.05, 4.69) is 19.9 Å². The zero-order chi connectivity index (χ0) is 9.40. The number of rotatable bonds is 1. The van der Waals surface area contributed by atoms with Crippen LogP contribution < -0.4 is 0 Å². The fraction of sp³-hybridized carbons (Fsp3) is 0.778. The van der Waals surface area contributed by atoms with Gasteiger partial charge in [-0.05, 0) is 12.8 Å². The van der Waals surface area contributed by atoms with E-state index in [1.807, 2.05) is 0 Å². The minimum atomic E-state index is -0.150. The van der Waals surface area contributed by atoms with Crippen molar-refractivity contribution in [1.82, 2.24) is 4.90 Å². The summed E-state index contributed by atoms with van der Waals surface area (Å²) in [5.41, 5.74) is 0. The van der Waals surface area contributed by atoms with E-state index in [1.54, 1.807) is 4.90 Å². The summed E-state index contributed by atoms with van der Waals surface area (Å²) in [7, 11) is 0. The predicted octanol–water partition coefficient (Wildman–Crippen LogP) is 1.55. The second-order valence-corrected chi connectivity index (χ2v) is 2.84. The van der Waals surface area contributed by atoms with Crippen LogP contribution in [0.5, 0.6) is 0 Å². The van der Waals surface area contributed by atoms with Gasteiger partial charge in [-0.15, -0.1) is 0 Å². The Morgan fingerprint density at radius 3 is 2.58 bits per heavy atom. The van der Waals surface area contributed by atoms with Crippen molar-refractivity contribution in [2.24, 2.45) is 0 Å². The zero-order valence-electron chi connectivity index (χ0n) is 7.79. The van der Waals surface area contributed by atoms with Gasteiger partial charge in [0.2, 0.25) is 6.41 Å². The normalized spacial score (nSPS) is 20.8. The average Bonchev–Trinajstić information content (AvgIpc) is 2.52. The van der Waals surface area contributed by atoms with Gasteiger partial charge in [0.1, 0.15) is 6.04 Å². The summed E-state index contributed by atoms with van der Waals surface area (Å²) in [6.45, 7) is 5.00. The van der Waals surface area contributed by atoms with Crippen molar-refractivity contribution in [2.45, 2.75) is 39.2 Å². The van der Waals surface area contributed by atoms with Gasteiger partial charge in [0, 0.05) is 6.54 Å². The Morgan fingerprint density at radius 2 is 2.25 bits per heavy atom. The smallest absolute Gasteiger partial charge is 0.210 e. The van der Waals surface area contributed by atoms with Crippen LogP contribution in [0.15, 0.2) is 0 Å². The molecule has 1 aliphatic heterocycles. The highest BCUT2D eigenvalue weighted by atomic mass is 16.1. The van der Waals surface area contributed by atoms with E-state index in [9.17, 15) is 4.79 Å². The molecule has 0 radical (unpaired) electrons. The highest BCUT2D eigenvalue weighted by Crippen LogP contribution is 2.13. The second kappa shape index (κ2) is 6.66. The molecule has 1 rings (SSSR count). The quantitative estimate of drug-likeness (QED) is 0.557. The van der Waals surface area contributed by atoms with Crippen LogP contribution in [0.1, 0.15) is 33.1 Å². The maximum Gasteiger partial charge on any atom is 0.210 e. The third-order valence-electron chi connectivity index (χ3n) is 1.58. The Balaban J connectivity index is 0.000000354. The number of carbonyl (C=O) groups excluding carboxylic acids is 1. The van der Waals surface area contributed by atoms with Crippen LogP contribution >= 0.6 is 0 Å². The highest BCUT2D eigenvalue weighted by Gasteiger charge is 2.21. The highest BCUT2D eigenvalue weighted by molar-refractivity contribution is 5.49. The molecule has 0 aliphatic carbocycles. The van der Waals surface area contributed by atoms with Crippen LogP contribution in [-0.4, -0.2) is 23.9 Å². The number of amides is 1. The molecule has 0 aromatic rings. The third kappa shape index (κ3) is 3.38. The van der Waals surface area contributed by atoms with Gasteiger partial charge in [0.05, 0.1) is 6.07 Å². The minimum absolute atomic E-state index is 0.150. The van der Waals surface area contributed by atoms with Crippen molar-refractivity contribution in [2.75, 3.05) is 6.54 Å². The largest absolute Gasteiger partial charge is 0.329 e. The predicted molar refractivity (Wildman–Crippen MR) is 47.4 cm³/mol. The monoisotopic (exact) mass is 168 g/mol. The first-order valence-electron chi connectivity index (χ1n) is 4.40. The molecule has 1 fully saturated rings. The van der Waals surface area contributed by atoms with E-state index in [0.717, 1.165) is 25.8 Å². The number of likely N-dealkylation sites (tertiary alicyclic amines) is 1. The van der Waals surface area contributed by atoms with Crippen LogP contribution in [0.2, 0.25) is 0 Å². The summed E-state index contributed by atoms with van der Waals surface area (Å²) in [4.78, 5) is 11.7. The zero-order valence-corrected chi connectivity index (χ0v) is 7.79. The van der Waals surface area contributed by atoms with Crippen molar-refractivity contribution in [3.8, 4) is 6.07 Å². The molecule has 1 aliphatic rings. The summed E-state index contributed by atoms with van der Waals surface area (Å²) in [6.07, 6.45) is 3.81. The Kier molecular flexibility index (Phi) is 6.08. The van der Waals surface area contributed by atoms with E-state index in [1.165, 1.54) is 6.42 Å². The fourth-order valence-electron chi connectivity index (χ4n) is 1.05. The summed E-state index contributed by atoms with van der Waals surface area (Å²) >= 11 is 0. The molecule has 1 heterocycles. The van der Waals surface area contributed by atoms with Gasteiger partial charge in [-0.2, -0.15) is 5.26 Å². The Labute approximate surface area is 74.0 Å². The van der Waals surface area contributed by atoms with Gasteiger partial charge in [-0.1, -0.05) is 20.3 Å². The van der Waals surface area contributed by atoms with Crippen molar-refractivity contribution in [3.63, 3.8) is 0 Å². The molecule has 0 spiro atoms. The van der Waals surface area contributed by atoms with Crippen LogP contribution in [0.25, 0.3) is 0 Å². The van der Waals surface area contributed by atoms with Gasteiger partial charge in [0.25, 0.3) is 0 Å². The van der Waals surface area contributed by atoms with E-state index in [0.29, 0.717) is 0 Å². The number of carbonyl (C=O) groups is 1. The van der Waals surface area contributed by atoms with E-state index < -0.39 is 0 Å². The lowest BCUT2D eigenvalue weighted by Crippen LogP contribution is -2.25. The number of nitriles is 1. The van der Waals surface area contributed by atoms with Crippen LogP contribution in [0.4, 0.5) is 0 Å². The molecule has 1 saturated heterocycles. The molecule has 0 bridgehead atoms. The molecule has 0 aromatic carbocycles. The topological polar surface area (TPSA) is 44.1 Å². The first-order chi connectivity index (χ1) is 5.79. The summed E-state index contributed by atoms with van der Waals surface area (Å²) < 4.78 is 0. The molecule has 0 aromatic heterocycles. The standard InChI is InChI=1S/C6H8N2O.C3H8/c7-4-6-2-1-3-8(6)5-9;1-3-2/h5-6H,1-3H2;3H2,1-2H3. The van der Waals surface area contributed by atoms with Gasteiger partial charge in [-0.25, -0.2) is 0 Å². The van der Waals surface area contributed by atoms with Crippen LogP contribution in [-0.2, 0) is 4.79 Å². The van der Waals surface area contributed by atoms with Crippen molar-refractivity contribution in [3.05, 3.63) is 0 Å². The third-order valence-corrected chi connectivity index (χ3v) is 1.58. The second-order valence-electron chi connectivity index (χ2n) is 2.84. The van der Waals surface area contributed by atoms with Crippen molar-refractivity contribution >= 4 is 6.41 Å². The summed E-state index contributed by atoms with van der Waals surface area (Å²) in [5.74, 6) is 0. The number of hydrogen-bond acceptors (Lipinski definition) is 2. The molecule has 3 nitrogen and oxygen atoms in total. The van der Waals surface area contributed by atoms with Crippen molar-refractivity contribution < 1.29 is 4.79 Å². The average molecular weight is 168 g/mol. The van der Waals surface area contributed by atoms with Gasteiger partial charge < -0.3 is 4.90 Å². The molecule has 1 atom stereocenters. The summed E-state index contributed by atoms with van der Waals surface area (Å²) in [6, 6.07) is 1.91. The number of hydrogen-bond donors (Lipinski definition) is 0. The van der Waals surface area contributed by atoms with Gasteiger partial charge in [-0.3, -0.25) is 4.79 Å². The molecule has 68 valence electrons. The SMILES string of the molecule is CCC.N#CC1CCCN1C=O. The molecule has 0 N–H and O–H groups in total.